The van der Waals surface area contributed by atoms with E-state index < -0.39 is 109 Å². The molecule has 1 amide bonds. The van der Waals surface area contributed by atoms with E-state index in [1.807, 2.05) is 105 Å². The van der Waals surface area contributed by atoms with E-state index >= 15 is 0 Å². The number of imidazole rings is 1. The van der Waals surface area contributed by atoms with Crippen molar-refractivity contribution in [3.8, 4) is 17.2 Å². The van der Waals surface area contributed by atoms with Gasteiger partial charge in [0, 0.05) is 134 Å². The zero-order chi connectivity index (χ0) is 110. The Hall–Kier alpha value is -14.2. The standard InChI is InChI=1S/C12H8S.C11H10O2.C11H8O2.C10H10N2O.C10H10O3.C9H6ClNO.C9H7ClO.C9H9NO3.C7H13FO4.C7H8N4O2.C7H15NO4.C7H14O5/c1-3-7-11-9(5-1)10-6-2-4-8-12(10)13-11;1-7-3-4-9-8(2)6-11(12)13-10(9)5-7;1-7-6-10(12)8-4-2-3-5-9(8)11(7)13;1-8-7-10(13)12(11-8)9-5-3-2-4-6-9;1-13-9-5-2-8(3-6-9)4-7-10(11)12;10-7-3-4-8(12)9-6(7)2-1-5-11-9;1-6-4-7-5-8(10)2-3-9(7)11-6;1-10-4-9(13)5-2-7(11)8(12)3-6(5)10;1-2-3-5(9)6(10)4(8)7(11)12-3;1-10-5-4(8-3-9-5)6(12)11(2)7(10)13;1-3-5(8)7(11)6(10)4(2-9)12-3;1-2-3-4(8)5(9)6(10)7(11)12-3/h1-8H;3-6H,1-2H3;2-6H,1H3;2-6H,7H2,1H3;2-7H,1H3,(H,11,12);1-5,12H;2-3,5H,1,4H2;2-3,9,13H,4H2,1H3;3-7,9-11H,2H2,1H3;3H,1-2H3,(H,8,9);3-7,9-11H,2,8H2,1H3;3-11H,2H2,1H3/b;;;;7-4+;;;;;;;/t;;;;;;;;3-,4-,5-,6-,7?;;3-,4?,5?,6-,7-;3-,4-,5+,6-,7-/m........1.11/s1. The number of nitrogens with zero attached hydrogens (tertiary/aromatic N) is 7. The molecule has 0 bridgehead atoms. The Morgan fingerprint density at radius 1 is 0.627 bits per heavy atom. The zero-order valence-corrected chi connectivity index (χ0v) is 85.7. The molecule has 16 atom stereocenters. The number of nitrogens with two attached hydrogens (primary N) is 1. The number of pyridine rings is 1. The summed E-state index contributed by atoms with van der Waals surface area (Å²) in [4.78, 5) is 113. The Bertz CT molecular complexity index is 7100. The smallest absolute Gasteiger partial charge is 0.336 e. The predicted molar refractivity (Wildman–Crippen MR) is 565 cm³/mol. The zero-order valence-electron chi connectivity index (χ0n) is 83.4. The average Bonchev–Trinajstić information content (AvgIpc) is 1.60. The quantitative estimate of drug-likeness (QED) is 0.0305. The number of aromatic hydroxyl groups is 1. The number of thiophene rings is 1. The van der Waals surface area contributed by atoms with Gasteiger partial charge in [0.25, 0.3) is 11.5 Å². The van der Waals surface area contributed by atoms with Crippen LogP contribution in [0.15, 0.2) is 284 Å². The summed E-state index contributed by atoms with van der Waals surface area (Å²) in [7, 11) is 6.37. The molecule has 13 aromatic rings. The molecule has 0 radical (unpaired) electrons. The number of likely N-dealkylation sites (N-methyl/N-ethyl adjacent to an activating group) is 1. The summed E-state index contributed by atoms with van der Waals surface area (Å²) in [6.07, 6.45) is -5.14. The SMILES string of the molecule is C=C1Cc2cc(Cl)ccc2O1.CC1=CC(=O)c2ccccc2C1=O.CC1=NN(c2ccccc2)C(=O)C1.CC[C@H]1OC(O)[C@H](F)[C@@H](O)[C@@H]1O.CC[C@H]1O[C@@H](O)[C@H](O)[C@@H](O)[C@@H]1O.CN1CC(O)C2=CC(=O)C(=O)C=C21.COc1ccc(/C=C/C(=O)O)cc1.C[C@H]1OC(CO)[C@@H](O)[C@H](O)C1N.Cc1ccc2c(C)cc(=O)oc2c1.Cn1c(=O)c2[nH]cnc2n(C)c1=O.Oc1ccc(Cl)c2cccnc12.c1ccc2c(c1)sc1ccccc12. The lowest BCUT2D eigenvalue weighted by molar-refractivity contribution is -0.281. The van der Waals surface area contributed by atoms with Crippen molar-refractivity contribution in [1.82, 2.24) is 29.0 Å². The first-order chi connectivity index (χ1) is 71.3. The number of benzene rings is 8. The molecular formula is C109H118Cl2FN9O28S. The van der Waals surface area contributed by atoms with Crippen molar-refractivity contribution in [2.45, 2.75) is 172 Å². The number of carbonyl (C=O) groups excluding carboxylic acids is 5. The number of rotatable bonds is 7. The van der Waals surface area contributed by atoms with Crippen molar-refractivity contribution in [1.29, 1.82) is 0 Å². The highest BCUT2D eigenvalue weighted by atomic mass is 35.5. The second-order valence-electron chi connectivity index (χ2n) is 35.0. The number of β-amino-alcohol motifs (C(OH)–C–C–N with tert-alkyl or cyclic N) is 1. The Kier molecular flexibility index (Phi) is 43.1. The van der Waals surface area contributed by atoms with Gasteiger partial charge in [-0.05, 0) is 167 Å². The van der Waals surface area contributed by atoms with Crippen LogP contribution in [0.1, 0.15) is 96.9 Å². The Labute approximate surface area is 873 Å². The van der Waals surface area contributed by atoms with E-state index in [9.17, 15) is 83.3 Å². The number of hydrogen-bond acceptors (Lipinski definition) is 33. The number of alkyl halides is 1. The summed E-state index contributed by atoms with van der Waals surface area (Å²) in [6.45, 7) is 16.4. The number of methoxy groups -OCH3 is 1. The molecule has 41 heteroatoms. The minimum absolute atomic E-state index is 0.0451. The third-order valence-corrected chi connectivity index (χ3v) is 25.8. The number of hydrazone groups is 1. The van der Waals surface area contributed by atoms with Crippen LogP contribution in [0.5, 0.6) is 17.2 Å². The maximum absolute atomic E-state index is 12.7. The van der Waals surface area contributed by atoms with E-state index in [0.717, 1.165) is 83.8 Å². The molecule has 6 aliphatic heterocycles. The maximum atomic E-state index is 12.7. The number of phenols is 1. The first-order valence-corrected chi connectivity index (χ1v) is 48.5. The number of aliphatic hydroxyl groups is 11. The van der Waals surface area contributed by atoms with Crippen LogP contribution in [0.3, 0.4) is 0 Å². The van der Waals surface area contributed by atoms with Crippen LogP contribution in [0.25, 0.3) is 59.3 Å². The molecule has 37 nitrogen and oxygen atoms in total. The third kappa shape index (κ3) is 30.6. The molecule has 21 rings (SSSR count). The summed E-state index contributed by atoms with van der Waals surface area (Å²) >= 11 is 13.5. The van der Waals surface area contributed by atoms with Gasteiger partial charge in [-0.2, -0.15) is 5.10 Å². The topological polar surface area (TPSA) is 572 Å². The molecule has 8 aliphatic rings. The van der Waals surface area contributed by atoms with Gasteiger partial charge in [0.15, 0.2) is 36.0 Å². The van der Waals surface area contributed by atoms with Gasteiger partial charge >= 0.3 is 17.3 Å². The minimum atomic E-state index is -1.93. The number of aliphatic hydroxyl groups excluding tert-OH is 11. The molecule has 11 heterocycles. The molecule has 4 unspecified atom stereocenters. The normalized spacial score (nSPS) is 22.5. The number of carbonyl (C=O) groups is 6. The molecule has 4 saturated heterocycles. The number of aromatic nitrogens is 5. The number of hydrogen-bond donors (Lipinski definition) is 15. The van der Waals surface area contributed by atoms with Crippen molar-refractivity contribution >= 4 is 140 Å². The fraction of sp³-hybridized carbons (Fsp3) is 0.303. The fourth-order valence-electron chi connectivity index (χ4n) is 15.8. The predicted octanol–water partition coefficient (Wildman–Crippen LogP) is 10.9. The first kappa shape index (κ1) is 118. The van der Waals surface area contributed by atoms with Crippen molar-refractivity contribution < 1.29 is 128 Å². The van der Waals surface area contributed by atoms with E-state index in [1.165, 1.54) is 79.6 Å². The number of fused-ring (bicyclic) bond motifs is 9. The van der Waals surface area contributed by atoms with Crippen LogP contribution in [-0.2, 0) is 53.9 Å². The number of aryl methyl sites for hydroxylation is 3. The van der Waals surface area contributed by atoms with Crippen LogP contribution in [0.2, 0.25) is 10.0 Å². The number of anilines is 1. The molecule has 16 N–H and O–H groups in total. The minimum Gasteiger partial charge on any atom is -0.506 e. The summed E-state index contributed by atoms with van der Waals surface area (Å²) in [6, 6.07) is 59.8. The van der Waals surface area contributed by atoms with Crippen molar-refractivity contribution in [3.05, 3.63) is 335 Å². The average molecular weight is 2120 g/mol. The number of allylic oxidation sites excluding steroid dienone is 5. The van der Waals surface area contributed by atoms with Crippen LogP contribution in [0, 0.1) is 13.8 Å². The second-order valence-corrected chi connectivity index (χ2v) is 36.9. The van der Waals surface area contributed by atoms with Crippen molar-refractivity contribution in [2.75, 3.05) is 32.3 Å². The van der Waals surface area contributed by atoms with E-state index in [2.05, 4.69) is 75.2 Å². The molecule has 794 valence electrons. The molecule has 8 aromatic carbocycles. The summed E-state index contributed by atoms with van der Waals surface area (Å²) in [5.41, 5.74) is 15.0. The Morgan fingerprint density at radius 2 is 1.23 bits per heavy atom. The Morgan fingerprint density at radius 3 is 1.84 bits per heavy atom. The maximum Gasteiger partial charge on any atom is 0.336 e. The number of H-pyrrole nitrogens is 1. The van der Waals surface area contributed by atoms with Gasteiger partial charge in [-0.25, -0.2) is 28.8 Å². The molecule has 5 aromatic heterocycles. The van der Waals surface area contributed by atoms with E-state index in [1.54, 1.807) is 121 Å². The number of likely N-dealkylation sites (tertiary alicyclic amines) is 1. The first-order valence-electron chi connectivity index (χ1n) is 47.0. The lowest BCUT2D eigenvalue weighted by atomic mass is 9.90. The lowest BCUT2D eigenvalue weighted by Crippen LogP contribution is -2.60. The van der Waals surface area contributed by atoms with Crippen LogP contribution < -0.4 is 37.1 Å². The number of ether oxygens (including phenoxy) is 5. The highest BCUT2D eigenvalue weighted by Crippen LogP contribution is 2.36. The van der Waals surface area contributed by atoms with Crippen LogP contribution >= 0.6 is 34.5 Å². The van der Waals surface area contributed by atoms with E-state index in [4.69, 9.17) is 87.7 Å². The van der Waals surface area contributed by atoms with Gasteiger partial charge in [0.05, 0.1) is 67.6 Å². The number of ketones is 4. The number of carboxylic acid groups (broad SMARTS) is 1. The second kappa shape index (κ2) is 54.9. The number of amides is 1. The molecule has 150 heavy (non-hydrogen) atoms. The number of nitrogens with one attached hydrogen (secondary N) is 1. The number of carboxylic acids is 1. The number of aliphatic carboxylic acids is 1. The largest absolute Gasteiger partial charge is 0.506 e. The number of halogens is 3. The summed E-state index contributed by atoms with van der Waals surface area (Å²) < 4.78 is 47.9. The van der Waals surface area contributed by atoms with Crippen molar-refractivity contribution in [2.24, 2.45) is 24.9 Å². The number of aromatic amines is 1. The molecule has 0 spiro atoms. The summed E-state index contributed by atoms with van der Waals surface area (Å²) in [5.74, 6) is 0.513. The highest BCUT2D eigenvalue weighted by molar-refractivity contribution is 7.25. The number of para-hydroxylation sites is 1. The third-order valence-electron chi connectivity index (χ3n) is 24.1. The fourth-order valence-corrected chi connectivity index (χ4v) is 17.3. The van der Waals surface area contributed by atoms with Gasteiger partial charge in [0.1, 0.15) is 88.5 Å². The van der Waals surface area contributed by atoms with Gasteiger partial charge in [0.2, 0.25) is 11.6 Å². The monoisotopic (exact) mass is 2120 g/mol. The molecule has 2 aliphatic carbocycles. The number of phenolic OH excluding ortho intramolecular Hbond substituents is 1. The lowest BCUT2D eigenvalue weighted by Gasteiger charge is -2.39. The van der Waals surface area contributed by atoms with E-state index in [-0.39, 0.29) is 52.8 Å². The van der Waals surface area contributed by atoms with Gasteiger partial charge in [-0.3, -0.25) is 42.9 Å². The van der Waals surface area contributed by atoms with Crippen LogP contribution in [-0.4, -0.2) is 261 Å². The van der Waals surface area contributed by atoms with Crippen LogP contribution in [0.4, 0.5) is 10.1 Å². The Balaban J connectivity index is 0.000000167. The number of Topliss-reactive ketones (excluding diaryl/α,β-unsaturated/α-hetero) is 1. The van der Waals surface area contributed by atoms with Gasteiger partial charge in [-0.15, -0.1) is 11.3 Å². The molecule has 4 fully saturated rings. The van der Waals surface area contributed by atoms with E-state index in [0.29, 0.717) is 81.1 Å². The molecular weight excluding hydrogens is 2010 g/mol. The van der Waals surface area contributed by atoms with Gasteiger partial charge < -0.3 is 110 Å². The van der Waals surface area contributed by atoms with Crippen molar-refractivity contribution in [3.63, 3.8) is 0 Å². The molecule has 0 saturated carbocycles. The highest BCUT2D eigenvalue weighted by Gasteiger charge is 2.45. The van der Waals surface area contributed by atoms with Gasteiger partial charge in [-0.1, -0.05) is 147 Å². The summed E-state index contributed by atoms with van der Waals surface area (Å²) in [5, 5.41) is 130.